The normalized spacial score (nSPS) is 17.7. The van der Waals surface area contributed by atoms with Crippen molar-refractivity contribution >= 4 is 23.4 Å². The Bertz CT molecular complexity index is 484. The molecule has 0 spiro atoms. The number of ether oxygens (including phenoxy) is 1. The third-order valence-electron chi connectivity index (χ3n) is 3.87. The Morgan fingerprint density at radius 3 is 2.75 bits per heavy atom. The van der Waals surface area contributed by atoms with Crippen molar-refractivity contribution < 1.29 is 14.6 Å². The zero-order valence-electron chi connectivity index (χ0n) is 11.9. The lowest BCUT2D eigenvalue weighted by Gasteiger charge is -2.34. The van der Waals surface area contributed by atoms with Crippen molar-refractivity contribution in [3.05, 3.63) is 23.8 Å². The summed E-state index contributed by atoms with van der Waals surface area (Å²) in [6.45, 7) is 4.57. The maximum absolute atomic E-state index is 11.5. The molecule has 1 aromatic rings. The van der Waals surface area contributed by atoms with E-state index >= 15 is 0 Å². The Morgan fingerprint density at radius 1 is 1.45 bits per heavy atom. The second-order valence-electron chi connectivity index (χ2n) is 5.46. The quantitative estimate of drug-likeness (QED) is 0.816. The maximum atomic E-state index is 11.5. The van der Waals surface area contributed by atoms with Gasteiger partial charge in [-0.1, -0.05) is 13.0 Å². The molecule has 5 heteroatoms. The lowest BCUT2D eigenvalue weighted by Crippen LogP contribution is -2.33. The van der Waals surface area contributed by atoms with E-state index in [0.29, 0.717) is 11.3 Å². The first kappa shape index (κ1) is 15.2. The van der Waals surface area contributed by atoms with Crippen LogP contribution < -0.4 is 5.32 Å². The van der Waals surface area contributed by atoms with Crippen molar-refractivity contribution in [2.45, 2.75) is 24.7 Å². The molecule has 1 saturated heterocycles. The van der Waals surface area contributed by atoms with Crippen LogP contribution in [0.2, 0.25) is 0 Å². The molecule has 0 atom stereocenters. The van der Waals surface area contributed by atoms with Crippen LogP contribution in [0.1, 0.15) is 30.1 Å². The minimum atomic E-state index is -0.880. The minimum absolute atomic E-state index is 0.170. The van der Waals surface area contributed by atoms with Gasteiger partial charge in [-0.15, -0.1) is 11.8 Å². The highest BCUT2D eigenvalue weighted by atomic mass is 32.2. The molecule has 4 nitrogen and oxygen atoms in total. The van der Waals surface area contributed by atoms with Crippen molar-refractivity contribution in [3.63, 3.8) is 0 Å². The van der Waals surface area contributed by atoms with Gasteiger partial charge in [0.2, 0.25) is 0 Å². The van der Waals surface area contributed by atoms with E-state index < -0.39 is 5.97 Å². The molecule has 1 aliphatic rings. The van der Waals surface area contributed by atoms with Gasteiger partial charge in [-0.05, 0) is 36.6 Å². The van der Waals surface area contributed by atoms with Crippen LogP contribution in [-0.2, 0) is 4.74 Å². The number of thioether (sulfide) groups is 1. The number of aromatic carboxylic acids is 1. The highest BCUT2D eigenvalue weighted by molar-refractivity contribution is 7.98. The highest BCUT2D eigenvalue weighted by Crippen LogP contribution is 2.32. The van der Waals surface area contributed by atoms with Crippen LogP contribution in [0.4, 0.5) is 5.69 Å². The van der Waals surface area contributed by atoms with Crippen molar-refractivity contribution in [2.75, 3.05) is 31.3 Å². The van der Waals surface area contributed by atoms with E-state index in [9.17, 15) is 9.90 Å². The number of carboxylic acid groups (broad SMARTS) is 1. The van der Waals surface area contributed by atoms with Gasteiger partial charge in [0.05, 0.1) is 5.56 Å². The van der Waals surface area contributed by atoms with Gasteiger partial charge >= 0.3 is 5.97 Å². The molecule has 0 aromatic heterocycles. The minimum Gasteiger partial charge on any atom is -0.478 e. The maximum Gasteiger partial charge on any atom is 0.338 e. The average Bonchev–Trinajstić information content (AvgIpc) is 2.45. The van der Waals surface area contributed by atoms with Crippen molar-refractivity contribution in [3.8, 4) is 0 Å². The van der Waals surface area contributed by atoms with Crippen LogP contribution in [-0.4, -0.2) is 37.1 Å². The molecular formula is C15H21NO3S. The second-order valence-corrected chi connectivity index (χ2v) is 6.31. The summed E-state index contributed by atoms with van der Waals surface area (Å²) < 4.78 is 5.39. The summed E-state index contributed by atoms with van der Waals surface area (Å²) in [4.78, 5) is 12.3. The molecule has 2 rings (SSSR count). The van der Waals surface area contributed by atoms with Crippen LogP contribution in [0.15, 0.2) is 23.1 Å². The zero-order chi connectivity index (χ0) is 14.6. The standard InChI is InChI=1S/C15H21NO3S/c1-15(6-8-19-9-7-15)10-16-11-4-3-5-12(20-2)13(11)14(17)18/h3-5,16H,6-10H2,1-2H3,(H,17,18). The van der Waals surface area contributed by atoms with Gasteiger partial charge in [0, 0.05) is 30.3 Å². The number of carbonyl (C=O) groups is 1. The van der Waals surface area contributed by atoms with E-state index in [1.54, 1.807) is 0 Å². The Kier molecular flexibility index (Phi) is 4.94. The average molecular weight is 295 g/mol. The SMILES string of the molecule is CSc1cccc(NCC2(C)CCOCC2)c1C(=O)O. The van der Waals surface area contributed by atoms with Crippen molar-refractivity contribution in [2.24, 2.45) is 5.41 Å². The third kappa shape index (κ3) is 3.46. The second kappa shape index (κ2) is 6.50. The summed E-state index contributed by atoms with van der Waals surface area (Å²) in [7, 11) is 0. The molecule has 0 amide bonds. The molecule has 1 aromatic carbocycles. The fourth-order valence-corrected chi connectivity index (χ4v) is 3.03. The molecule has 110 valence electrons. The van der Waals surface area contributed by atoms with Crippen molar-refractivity contribution in [1.82, 2.24) is 0 Å². The summed E-state index contributed by atoms with van der Waals surface area (Å²) >= 11 is 1.46. The number of carboxylic acids is 1. The van der Waals surface area contributed by atoms with Crippen LogP contribution in [0.3, 0.4) is 0 Å². The largest absolute Gasteiger partial charge is 0.478 e. The molecule has 0 aliphatic carbocycles. The molecule has 1 aliphatic heterocycles. The summed E-state index contributed by atoms with van der Waals surface area (Å²) in [6.07, 6.45) is 3.90. The first-order valence-electron chi connectivity index (χ1n) is 6.78. The molecule has 0 bridgehead atoms. The van der Waals surface area contributed by atoms with Crippen LogP contribution in [0.25, 0.3) is 0 Å². The molecular weight excluding hydrogens is 274 g/mol. The van der Waals surface area contributed by atoms with Gasteiger partial charge in [-0.25, -0.2) is 4.79 Å². The summed E-state index contributed by atoms with van der Waals surface area (Å²) in [5.74, 6) is -0.880. The molecule has 2 N–H and O–H groups in total. The van der Waals surface area contributed by atoms with Crippen LogP contribution in [0, 0.1) is 5.41 Å². The van der Waals surface area contributed by atoms with Gasteiger partial charge in [0.15, 0.2) is 0 Å². The predicted molar refractivity (Wildman–Crippen MR) is 81.8 cm³/mol. The number of hydrogen-bond acceptors (Lipinski definition) is 4. The highest BCUT2D eigenvalue weighted by Gasteiger charge is 2.27. The molecule has 0 unspecified atom stereocenters. The Labute approximate surface area is 123 Å². The lowest BCUT2D eigenvalue weighted by molar-refractivity contribution is 0.0299. The van der Waals surface area contributed by atoms with Gasteiger partial charge in [0.1, 0.15) is 0 Å². The molecule has 0 saturated carbocycles. The first-order valence-corrected chi connectivity index (χ1v) is 8.00. The van der Waals surface area contributed by atoms with Crippen LogP contribution >= 0.6 is 11.8 Å². The monoisotopic (exact) mass is 295 g/mol. The van der Waals surface area contributed by atoms with Gasteiger partial charge in [-0.2, -0.15) is 0 Å². The smallest absolute Gasteiger partial charge is 0.338 e. The number of rotatable bonds is 5. The fourth-order valence-electron chi connectivity index (χ4n) is 2.42. The van der Waals surface area contributed by atoms with E-state index in [0.717, 1.165) is 37.5 Å². The van der Waals surface area contributed by atoms with E-state index in [1.165, 1.54) is 11.8 Å². The summed E-state index contributed by atoms with van der Waals surface area (Å²) in [5, 5.41) is 12.7. The van der Waals surface area contributed by atoms with Crippen molar-refractivity contribution in [1.29, 1.82) is 0 Å². The fraction of sp³-hybridized carbons (Fsp3) is 0.533. The van der Waals surface area contributed by atoms with Crippen LogP contribution in [0.5, 0.6) is 0 Å². The van der Waals surface area contributed by atoms with E-state index in [-0.39, 0.29) is 5.41 Å². The lowest BCUT2D eigenvalue weighted by atomic mass is 9.82. The predicted octanol–water partition coefficient (Wildman–Crippen LogP) is 3.34. The Balaban J connectivity index is 2.14. The number of hydrogen-bond donors (Lipinski definition) is 2. The molecule has 0 radical (unpaired) electrons. The first-order chi connectivity index (χ1) is 9.56. The third-order valence-corrected chi connectivity index (χ3v) is 4.65. The van der Waals surface area contributed by atoms with E-state index in [1.807, 2.05) is 24.5 Å². The molecule has 1 fully saturated rings. The Hall–Kier alpha value is -1.20. The van der Waals surface area contributed by atoms with E-state index in [4.69, 9.17) is 4.74 Å². The summed E-state index contributed by atoms with van der Waals surface area (Å²) in [6, 6.07) is 5.58. The zero-order valence-corrected chi connectivity index (χ0v) is 12.8. The van der Waals surface area contributed by atoms with Gasteiger partial charge < -0.3 is 15.2 Å². The number of nitrogens with one attached hydrogen (secondary N) is 1. The number of benzene rings is 1. The molecule has 20 heavy (non-hydrogen) atoms. The topological polar surface area (TPSA) is 58.6 Å². The van der Waals surface area contributed by atoms with E-state index in [2.05, 4.69) is 12.2 Å². The summed E-state index contributed by atoms with van der Waals surface area (Å²) in [5.41, 5.74) is 1.25. The Morgan fingerprint density at radius 2 is 2.15 bits per heavy atom. The van der Waals surface area contributed by atoms with Gasteiger partial charge in [-0.3, -0.25) is 0 Å². The number of anilines is 1. The molecule has 1 heterocycles. The van der Waals surface area contributed by atoms with Gasteiger partial charge in [0.25, 0.3) is 0 Å².